The summed E-state index contributed by atoms with van der Waals surface area (Å²) in [6.45, 7) is 8.10. The van der Waals surface area contributed by atoms with Crippen molar-refractivity contribution in [2.45, 2.75) is 47.0 Å². The molecule has 0 heterocycles. The third-order valence-corrected chi connectivity index (χ3v) is 3.67. The standard InChI is InChI=1S/C14H22O4/c1-5-18-13(17)12(16)10-8-9(14(2,3)4)6-7-11(10)15/h9-10H,5-8H2,1-4H3/t9-,10+/m0/s1. The molecule has 0 aliphatic heterocycles. The van der Waals surface area contributed by atoms with Gasteiger partial charge < -0.3 is 4.74 Å². The zero-order valence-electron chi connectivity index (χ0n) is 11.6. The molecule has 0 bridgehead atoms. The van der Waals surface area contributed by atoms with Crippen LogP contribution >= 0.6 is 0 Å². The van der Waals surface area contributed by atoms with Crippen LogP contribution in [0.5, 0.6) is 0 Å². The SMILES string of the molecule is CCOC(=O)C(=O)[C@@H]1C[C@@H](C(C)(C)C)CCC1=O. The minimum Gasteiger partial charge on any atom is -0.460 e. The number of esters is 1. The number of hydrogen-bond donors (Lipinski definition) is 0. The molecule has 1 aliphatic carbocycles. The van der Waals surface area contributed by atoms with Crippen LogP contribution in [-0.4, -0.2) is 24.1 Å². The molecule has 0 aromatic rings. The van der Waals surface area contributed by atoms with Crippen LogP contribution in [0.3, 0.4) is 0 Å². The fraction of sp³-hybridized carbons (Fsp3) is 0.786. The first-order valence-electron chi connectivity index (χ1n) is 6.51. The van der Waals surface area contributed by atoms with Crippen molar-refractivity contribution in [3.8, 4) is 0 Å². The molecule has 1 rings (SSSR count). The summed E-state index contributed by atoms with van der Waals surface area (Å²) < 4.78 is 4.69. The van der Waals surface area contributed by atoms with Crippen LogP contribution in [0.2, 0.25) is 0 Å². The molecule has 0 spiro atoms. The van der Waals surface area contributed by atoms with E-state index in [2.05, 4.69) is 25.5 Å². The summed E-state index contributed by atoms with van der Waals surface area (Å²) in [5, 5.41) is 0. The Kier molecular flexibility index (Phi) is 4.65. The van der Waals surface area contributed by atoms with Gasteiger partial charge in [-0.25, -0.2) is 4.79 Å². The van der Waals surface area contributed by atoms with Gasteiger partial charge in [0.05, 0.1) is 12.5 Å². The average molecular weight is 254 g/mol. The van der Waals surface area contributed by atoms with Crippen LogP contribution < -0.4 is 0 Å². The monoisotopic (exact) mass is 254 g/mol. The van der Waals surface area contributed by atoms with Crippen molar-refractivity contribution in [3.63, 3.8) is 0 Å². The predicted octanol–water partition coefficient (Wildman–Crippen LogP) is 2.15. The van der Waals surface area contributed by atoms with Crippen LogP contribution in [0.4, 0.5) is 0 Å². The summed E-state index contributed by atoms with van der Waals surface area (Å²) in [6, 6.07) is 0. The van der Waals surface area contributed by atoms with Gasteiger partial charge in [0.15, 0.2) is 0 Å². The molecular formula is C14H22O4. The Labute approximate surface area is 108 Å². The van der Waals surface area contributed by atoms with E-state index in [9.17, 15) is 14.4 Å². The normalized spacial score (nSPS) is 24.8. The highest BCUT2D eigenvalue weighted by molar-refractivity contribution is 6.38. The van der Waals surface area contributed by atoms with Crippen LogP contribution in [0.25, 0.3) is 0 Å². The molecule has 0 N–H and O–H groups in total. The molecule has 2 atom stereocenters. The predicted molar refractivity (Wildman–Crippen MR) is 66.9 cm³/mol. The van der Waals surface area contributed by atoms with Crippen molar-refractivity contribution in [3.05, 3.63) is 0 Å². The minimum absolute atomic E-state index is 0.0495. The fourth-order valence-corrected chi connectivity index (χ4v) is 2.41. The second-order valence-electron chi connectivity index (χ2n) is 5.94. The van der Waals surface area contributed by atoms with E-state index in [1.54, 1.807) is 6.92 Å². The molecule has 4 nitrogen and oxygen atoms in total. The first-order chi connectivity index (χ1) is 8.27. The van der Waals surface area contributed by atoms with E-state index in [4.69, 9.17) is 0 Å². The lowest BCUT2D eigenvalue weighted by Gasteiger charge is -2.36. The maximum absolute atomic E-state index is 11.9. The number of ketones is 2. The van der Waals surface area contributed by atoms with Gasteiger partial charge >= 0.3 is 5.97 Å². The fourth-order valence-electron chi connectivity index (χ4n) is 2.41. The van der Waals surface area contributed by atoms with Gasteiger partial charge in [-0.15, -0.1) is 0 Å². The van der Waals surface area contributed by atoms with Gasteiger partial charge in [-0.1, -0.05) is 20.8 Å². The molecule has 1 saturated carbocycles. The van der Waals surface area contributed by atoms with E-state index in [1.165, 1.54) is 0 Å². The maximum Gasteiger partial charge on any atom is 0.375 e. The van der Waals surface area contributed by atoms with Crippen LogP contribution in [0.1, 0.15) is 47.0 Å². The van der Waals surface area contributed by atoms with Crippen molar-refractivity contribution in [1.82, 2.24) is 0 Å². The van der Waals surface area contributed by atoms with Crippen molar-refractivity contribution in [2.24, 2.45) is 17.3 Å². The summed E-state index contributed by atoms with van der Waals surface area (Å²) in [5.41, 5.74) is 0.0495. The highest BCUT2D eigenvalue weighted by atomic mass is 16.5. The van der Waals surface area contributed by atoms with Crippen LogP contribution in [0, 0.1) is 17.3 Å². The summed E-state index contributed by atoms with van der Waals surface area (Å²) in [4.78, 5) is 35.1. The molecular weight excluding hydrogens is 232 g/mol. The molecule has 4 heteroatoms. The lowest BCUT2D eigenvalue weighted by atomic mass is 9.68. The van der Waals surface area contributed by atoms with Gasteiger partial charge in [0.25, 0.3) is 0 Å². The summed E-state index contributed by atoms with van der Waals surface area (Å²) >= 11 is 0. The Morgan fingerprint density at radius 1 is 1.33 bits per heavy atom. The van der Waals surface area contributed by atoms with Crippen molar-refractivity contribution in [2.75, 3.05) is 6.61 Å². The molecule has 1 fully saturated rings. The average Bonchev–Trinajstić information content (AvgIpc) is 2.27. The number of carbonyl (C=O) groups excluding carboxylic acids is 3. The first-order valence-corrected chi connectivity index (χ1v) is 6.51. The lowest BCUT2D eigenvalue weighted by molar-refractivity contribution is -0.158. The number of carbonyl (C=O) groups is 3. The second-order valence-corrected chi connectivity index (χ2v) is 5.94. The third-order valence-electron chi connectivity index (χ3n) is 3.67. The van der Waals surface area contributed by atoms with Gasteiger partial charge in [-0.3, -0.25) is 9.59 Å². The summed E-state index contributed by atoms with van der Waals surface area (Å²) in [7, 11) is 0. The van der Waals surface area contributed by atoms with Gasteiger partial charge in [0, 0.05) is 6.42 Å². The van der Waals surface area contributed by atoms with Gasteiger partial charge in [-0.2, -0.15) is 0 Å². The zero-order chi connectivity index (χ0) is 13.9. The number of Topliss-reactive ketones (excluding diaryl/α,β-unsaturated/α-hetero) is 2. The Hall–Kier alpha value is -1.19. The van der Waals surface area contributed by atoms with Gasteiger partial charge in [0.2, 0.25) is 5.78 Å². The molecule has 0 saturated heterocycles. The Balaban J connectivity index is 2.77. The highest BCUT2D eigenvalue weighted by Gasteiger charge is 2.40. The molecule has 0 unspecified atom stereocenters. The van der Waals surface area contributed by atoms with E-state index >= 15 is 0 Å². The first kappa shape index (κ1) is 14.9. The molecule has 0 radical (unpaired) electrons. The minimum atomic E-state index is -0.870. The van der Waals surface area contributed by atoms with Crippen LogP contribution in [0.15, 0.2) is 0 Å². The van der Waals surface area contributed by atoms with Crippen molar-refractivity contribution >= 4 is 17.5 Å². The largest absolute Gasteiger partial charge is 0.460 e. The lowest BCUT2D eigenvalue weighted by Crippen LogP contribution is -2.39. The van der Waals surface area contributed by atoms with Crippen molar-refractivity contribution in [1.29, 1.82) is 0 Å². The Morgan fingerprint density at radius 3 is 2.44 bits per heavy atom. The third kappa shape index (κ3) is 3.40. The maximum atomic E-state index is 11.9. The van der Waals surface area contributed by atoms with Gasteiger partial charge in [0.1, 0.15) is 5.78 Å². The van der Waals surface area contributed by atoms with Crippen molar-refractivity contribution < 1.29 is 19.1 Å². The molecule has 102 valence electrons. The number of rotatable bonds is 3. The molecule has 1 aliphatic rings. The van der Waals surface area contributed by atoms with Crippen LogP contribution in [-0.2, 0) is 19.1 Å². The Bertz CT molecular complexity index is 351. The number of ether oxygens (including phenoxy) is 1. The van der Waals surface area contributed by atoms with E-state index < -0.39 is 17.7 Å². The Morgan fingerprint density at radius 2 is 1.94 bits per heavy atom. The molecule has 0 amide bonds. The molecule has 0 aromatic carbocycles. The smallest absolute Gasteiger partial charge is 0.375 e. The molecule has 0 aromatic heterocycles. The summed E-state index contributed by atoms with van der Waals surface area (Å²) in [5.74, 6) is -2.16. The quantitative estimate of drug-likeness (QED) is 0.440. The number of hydrogen-bond acceptors (Lipinski definition) is 4. The van der Waals surface area contributed by atoms with E-state index in [-0.39, 0.29) is 17.8 Å². The topological polar surface area (TPSA) is 60.4 Å². The second kappa shape index (κ2) is 5.63. The zero-order valence-corrected chi connectivity index (χ0v) is 11.6. The van der Waals surface area contributed by atoms with E-state index in [0.29, 0.717) is 18.8 Å². The summed E-state index contributed by atoms with van der Waals surface area (Å²) in [6.07, 6.45) is 1.66. The molecule has 18 heavy (non-hydrogen) atoms. The van der Waals surface area contributed by atoms with E-state index in [0.717, 1.165) is 6.42 Å². The van der Waals surface area contributed by atoms with Gasteiger partial charge in [-0.05, 0) is 31.1 Å². The highest BCUT2D eigenvalue weighted by Crippen LogP contribution is 2.39. The van der Waals surface area contributed by atoms with E-state index in [1.807, 2.05) is 0 Å².